The number of nitriles is 1. The van der Waals surface area contributed by atoms with Gasteiger partial charge in [0.25, 0.3) is 0 Å². The Balaban J connectivity index is 1.50. The molecule has 1 N–H and O–H groups in total. The van der Waals surface area contributed by atoms with Crippen molar-refractivity contribution in [2.24, 2.45) is 0 Å². The van der Waals surface area contributed by atoms with Crippen LogP contribution in [0, 0.1) is 18.3 Å². The van der Waals surface area contributed by atoms with Crippen molar-refractivity contribution in [3.63, 3.8) is 0 Å². The van der Waals surface area contributed by atoms with Gasteiger partial charge in [-0.15, -0.1) is 0 Å². The van der Waals surface area contributed by atoms with E-state index in [1.807, 2.05) is 24.3 Å². The predicted octanol–water partition coefficient (Wildman–Crippen LogP) is 3.08. The molecule has 2 heterocycles. The van der Waals surface area contributed by atoms with E-state index in [4.69, 9.17) is 15.0 Å². The predicted molar refractivity (Wildman–Crippen MR) is 96.0 cm³/mol. The number of rotatable bonds is 4. The average molecular weight is 332 g/mol. The summed E-state index contributed by atoms with van der Waals surface area (Å²) in [5, 5.41) is 12.4. The maximum atomic E-state index is 8.87. The van der Waals surface area contributed by atoms with Crippen LogP contribution in [0.2, 0.25) is 0 Å². The minimum absolute atomic E-state index is 0.230. The molecule has 1 atom stereocenters. The van der Waals surface area contributed by atoms with Gasteiger partial charge in [0.1, 0.15) is 12.4 Å². The zero-order chi connectivity index (χ0) is 17.2. The van der Waals surface area contributed by atoms with Gasteiger partial charge >= 0.3 is 0 Å². The molecule has 1 unspecified atom stereocenters. The van der Waals surface area contributed by atoms with Crippen LogP contribution in [0.25, 0.3) is 11.0 Å². The Morgan fingerprint density at radius 1 is 1.28 bits per heavy atom. The zero-order valence-electron chi connectivity index (χ0n) is 14.2. The lowest BCUT2D eigenvalue weighted by atomic mass is 10.1. The van der Waals surface area contributed by atoms with Crippen molar-refractivity contribution >= 4 is 11.0 Å². The minimum Gasteiger partial charge on any atom is -0.371 e. The summed E-state index contributed by atoms with van der Waals surface area (Å²) in [6.45, 7) is 4.93. The first kappa shape index (κ1) is 15.8. The second-order valence-corrected chi connectivity index (χ2v) is 6.45. The highest BCUT2D eigenvalue weighted by Crippen LogP contribution is 2.27. The molecule has 0 bridgehead atoms. The summed E-state index contributed by atoms with van der Waals surface area (Å²) in [4.78, 5) is 4.77. The summed E-state index contributed by atoms with van der Waals surface area (Å²) < 4.78 is 8.07. The van der Waals surface area contributed by atoms with Crippen LogP contribution in [0.1, 0.15) is 28.6 Å². The first-order valence-corrected chi connectivity index (χ1v) is 8.50. The van der Waals surface area contributed by atoms with E-state index in [-0.39, 0.29) is 6.04 Å². The molecule has 0 spiro atoms. The van der Waals surface area contributed by atoms with Gasteiger partial charge in [-0.05, 0) is 36.2 Å². The Kier molecular flexibility index (Phi) is 4.22. The molecule has 4 rings (SSSR count). The first-order chi connectivity index (χ1) is 12.3. The van der Waals surface area contributed by atoms with Crippen LogP contribution in [0.4, 0.5) is 0 Å². The van der Waals surface area contributed by atoms with Crippen molar-refractivity contribution in [2.75, 3.05) is 13.2 Å². The summed E-state index contributed by atoms with van der Waals surface area (Å²) >= 11 is 0. The first-order valence-electron chi connectivity index (χ1n) is 8.50. The molecule has 1 aliphatic heterocycles. The van der Waals surface area contributed by atoms with Gasteiger partial charge in [-0.25, -0.2) is 4.98 Å². The molecular formula is C20H20N4O. The van der Waals surface area contributed by atoms with E-state index in [0.717, 1.165) is 24.4 Å². The van der Waals surface area contributed by atoms with Crippen molar-refractivity contribution in [1.29, 1.82) is 5.26 Å². The largest absolute Gasteiger partial charge is 0.371 e. The van der Waals surface area contributed by atoms with Gasteiger partial charge < -0.3 is 14.6 Å². The van der Waals surface area contributed by atoms with Crippen LogP contribution in [0.15, 0.2) is 42.5 Å². The Labute approximate surface area is 146 Å². The Morgan fingerprint density at radius 2 is 2.12 bits per heavy atom. The smallest absolute Gasteiger partial charge is 0.136 e. The summed E-state index contributed by atoms with van der Waals surface area (Å²) in [6, 6.07) is 16.4. The fraction of sp³-hybridized carbons (Fsp3) is 0.300. The lowest BCUT2D eigenvalue weighted by Crippen LogP contribution is -2.32. The van der Waals surface area contributed by atoms with Crippen LogP contribution in [-0.2, 0) is 17.9 Å². The van der Waals surface area contributed by atoms with Crippen molar-refractivity contribution in [1.82, 2.24) is 14.9 Å². The third-order valence-electron chi connectivity index (χ3n) is 4.69. The highest BCUT2D eigenvalue weighted by atomic mass is 16.5. The SMILES string of the molecule is Cc1cccc2c1nc1n2C(CNCc2ccc(C#N)cc2)COC1. The number of aryl methyl sites for hydroxylation is 1. The number of nitrogens with one attached hydrogen (secondary N) is 1. The van der Waals surface area contributed by atoms with Crippen LogP contribution in [0.3, 0.4) is 0 Å². The Morgan fingerprint density at radius 3 is 2.92 bits per heavy atom. The van der Waals surface area contributed by atoms with Crippen molar-refractivity contribution < 1.29 is 4.74 Å². The van der Waals surface area contributed by atoms with Gasteiger partial charge in [-0.1, -0.05) is 24.3 Å². The molecule has 5 heteroatoms. The fourth-order valence-electron chi connectivity index (χ4n) is 3.41. The van der Waals surface area contributed by atoms with E-state index < -0.39 is 0 Å². The van der Waals surface area contributed by atoms with Gasteiger partial charge in [-0.2, -0.15) is 5.26 Å². The van der Waals surface area contributed by atoms with Crippen molar-refractivity contribution in [3.05, 3.63) is 65.0 Å². The van der Waals surface area contributed by atoms with E-state index in [0.29, 0.717) is 18.8 Å². The van der Waals surface area contributed by atoms with E-state index >= 15 is 0 Å². The number of ether oxygens (including phenoxy) is 1. The Hall–Kier alpha value is -2.68. The number of aromatic nitrogens is 2. The standard InChI is InChI=1S/C20H20N4O/c1-14-3-2-4-18-20(14)23-19-13-25-12-17(24(18)19)11-22-10-16-7-5-15(9-21)6-8-16/h2-8,17,22H,10-13H2,1H3. The van der Waals surface area contributed by atoms with Gasteiger partial charge in [-0.3, -0.25) is 0 Å². The van der Waals surface area contributed by atoms with Crippen LogP contribution < -0.4 is 5.32 Å². The molecule has 0 amide bonds. The summed E-state index contributed by atoms with van der Waals surface area (Å²) in [7, 11) is 0. The van der Waals surface area contributed by atoms with Gasteiger partial charge in [0.05, 0.1) is 35.3 Å². The van der Waals surface area contributed by atoms with Crippen LogP contribution in [-0.4, -0.2) is 22.7 Å². The fourth-order valence-corrected chi connectivity index (χ4v) is 3.41. The average Bonchev–Trinajstić information content (AvgIpc) is 3.03. The molecular weight excluding hydrogens is 312 g/mol. The highest BCUT2D eigenvalue weighted by Gasteiger charge is 2.24. The third kappa shape index (κ3) is 3.02. The highest BCUT2D eigenvalue weighted by molar-refractivity contribution is 5.79. The van der Waals surface area contributed by atoms with Crippen LogP contribution >= 0.6 is 0 Å². The second kappa shape index (κ2) is 6.67. The number of imidazole rings is 1. The number of hydrogen-bond acceptors (Lipinski definition) is 4. The number of nitrogens with zero attached hydrogens (tertiary/aromatic N) is 3. The summed E-state index contributed by atoms with van der Waals surface area (Å²) in [6.07, 6.45) is 0. The molecule has 25 heavy (non-hydrogen) atoms. The van der Waals surface area contributed by atoms with E-state index in [1.54, 1.807) is 0 Å². The summed E-state index contributed by atoms with van der Waals surface area (Å²) in [5.74, 6) is 1.00. The molecule has 1 aromatic heterocycles. The molecule has 5 nitrogen and oxygen atoms in total. The summed E-state index contributed by atoms with van der Waals surface area (Å²) in [5.41, 5.74) is 5.31. The quantitative estimate of drug-likeness (QED) is 0.797. The van der Waals surface area contributed by atoms with Crippen LogP contribution in [0.5, 0.6) is 0 Å². The van der Waals surface area contributed by atoms with Crippen molar-refractivity contribution in [3.8, 4) is 6.07 Å². The van der Waals surface area contributed by atoms with E-state index in [1.165, 1.54) is 16.6 Å². The molecule has 0 fully saturated rings. The second-order valence-electron chi connectivity index (χ2n) is 6.45. The van der Waals surface area contributed by atoms with Gasteiger partial charge in [0, 0.05) is 13.1 Å². The third-order valence-corrected chi connectivity index (χ3v) is 4.69. The molecule has 2 aromatic carbocycles. The molecule has 0 radical (unpaired) electrons. The zero-order valence-corrected chi connectivity index (χ0v) is 14.2. The molecule has 126 valence electrons. The monoisotopic (exact) mass is 332 g/mol. The molecule has 1 aliphatic rings. The minimum atomic E-state index is 0.230. The molecule has 0 saturated carbocycles. The molecule has 0 saturated heterocycles. The number of hydrogen-bond donors (Lipinski definition) is 1. The number of benzene rings is 2. The van der Waals surface area contributed by atoms with Gasteiger partial charge in [0.2, 0.25) is 0 Å². The topological polar surface area (TPSA) is 62.9 Å². The Bertz CT molecular complexity index is 937. The normalized spacial score (nSPS) is 16.6. The molecule has 0 aliphatic carbocycles. The van der Waals surface area contributed by atoms with E-state index in [9.17, 15) is 0 Å². The maximum absolute atomic E-state index is 8.87. The lowest BCUT2D eigenvalue weighted by Gasteiger charge is -2.26. The number of para-hydroxylation sites is 1. The van der Waals surface area contributed by atoms with Crippen molar-refractivity contribution in [2.45, 2.75) is 26.1 Å². The maximum Gasteiger partial charge on any atom is 0.136 e. The van der Waals surface area contributed by atoms with E-state index in [2.05, 4.69) is 41.1 Å². The lowest BCUT2D eigenvalue weighted by molar-refractivity contribution is 0.0564. The molecule has 3 aromatic rings. The van der Waals surface area contributed by atoms with Gasteiger partial charge in [0.15, 0.2) is 0 Å². The number of fused-ring (bicyclic) bond motifs is 3.